The summed E-state index contributed by atoms with van der Waals surface area (Å²) in [5, 5.41) is 3.47. The molecule has 0 aromatic rings. The van der Waals surface area contributed by atoms with Gasteiger partial charge in [-0.1, -0.05) is 0 Å². The Bertz CT molecular complexity index is 364. The Balaban J connectivity index is 0.00000132. The van der Waals surface area contributed by atoms with Crippen molar-refractivity contribution in [3.05, 3.63) is 0 Å². The van der Waals surface area contributed by atoms with Gasteiger partial charge in [0.15, 0.2) is 0 Å². The summed E-state index contributed by atoms with van der Waals surface area (Å²) < 4.78 is 0. The highest BCUT2D eigenvalue weighted by atomic mass is 35.5. The summed E-state index contributed by atoms with van der Waals surface area (Å²) in [6.45, 7) is 4.44. The largest absolute Gasteiger partial charge is 0.342 e. The highest BCUT2D eigenvalue weighted by Crippen LogP contribution is 2.50. The van der Waals surface area contributed by atoms with Crippen molar-refractivity contribution >= 4 is 18.3 Å². The van der Waals surface area contributed by atoms with E-state index in [1.54, 1.807) is 0 Å². The van der Waals surface area contributed by atoms with E-state index in [2.05, 4.69) is 10.2 Å². The lowest BCUT2D eigenvalue weighted by Crippen LogP contribution is -2.49. The van der Waals surface area contributed by atoms with Gasteiger partial charge in [0.1, 0.15) is 0 Å². The fourth-order valence-electron chi connectivity index (χ4n) is 4.57. The molecule has 2 saturated heterocycles. The fourth-order valence-corrected chi connectivity index (χ4v) is 4.57. The molecule has 0 unspecified atom stereocenters. The van der Waals surface area contributed by atoms with E-state index in [0.717, 1.165) is 24.9 Å². The molecule has 4 heteroatoms. The zero-order chi connectivity index (χ0) is 13.6. The molecule has 1 spiro atoms. The quantitative estimate of drug-likeness (QED) is 0.869. The lowest BCUT2D eigenvalue weighted by molar-refractivity contribution is -0.139. The third kappa shape index (κ3) is 3.24. The first-order chi connectivity index (χ1) is 9.77. The summed E-state index contributed by atoms with van der Waals surface area (Å²) >= 11 is 0. The molecular weight excluding hydrogens is 284 g/mol. The van der Waals surface area contributed by atoms with Crippen molar-refractivity contribution in [3.63, 3.8) is 0 Å². The highest BCUT2D eigenvalue weighted by Gasteiger charge is 2.48. The Morgan fingerprint density at radius 3 is 1.95 bits per heavy atom. The van der Waals surface area contributed by atoms with E-state index in [4.69, 9.17) is 0 Å². The van der Waals surface area contributed by atoms with Gasteiger partial charge in [0.05, 0.1) is 0 Å². The van der Waals surface area contributed by atoms with Crippen LogP contribution in [0.5, 0.6) is 0 Å². The van der Waals surface area contributed by atoms with Crippen LogP contribution in [0.1, 0.15) is 51.4 Å². The second kappa shape index (κ2) is 6.08. The van der Waals surface area contributed by atoms with Gasteiger partial charge in [-0.25, -0.2) is 0 Å². The maximum atomic E-state index is 12.8. The number of rotatable bonds is 3. The molecule has 4 aliphatic rings. The van der Waals surface area contributed by atoms with E-state index >= 15 is 0 Å². The average Bonchev–Trinajstić information content (AvgIpc) is 3.35. The number of hydrogen-bond donors (Lipinski definition) is 1. The summed E-state index contributed by atoms with van der Waals surface area (Å²) in [4.78, 5) is 15.1. The molecule has 2 aliphatic carbocycles. The molecule has 1 N–H and O–H groups in total. The predicted molar refractivity (Wildman–Crippen MR) is 86.5 cm³/mol. The van der Waals surface area contributed by atoms with Crippen molar-refractivity contribution in [2.24, 2.45) is 23.2 Å². The monoisotopic (exact) mass is 312 g/mol. The standard InChI is InChI=1S/C17H28N2O.ClH/c20-16(15(13-1-2-13)14-3-4-14)19-11-7-17(8-12-19)5-9-18-10-6-17;/h13-15,18H,1-12H2;1H. The normalized spacial score (nSPS) is 28.5. The van der Waals surface area contributed by atoms with Gasteiger partial charge in [0, 0.05) is 19.0 Å². The molecule has 0 bridgehead atoms. The summed E-state index contributed by atoms with van der Waals surface area (Å²) in [6.07, 6.45) is 10.4. The molecule has 2 saturated carbocycles. The van der Waals surface area contributed by atoms with E-state index in [-0.39, 0.29) is 12.4 Å². The molecule has 1 amide bonds. The van der Waals surface area contributed by atoms with Crippen LogP contribution < -0.4 is 5.32 Å². The number of nitrogens with zero attached hydrogens (tertiary/aromatic N) is 1. The first-order valence-electron chi connectivity index (χ1n) is 8.77. The van der Waals surface area contributed by atoms with Gasteiger partial charge >= 0.3 is 0 Å². The molecule has 0 aromatic carbocycles. The summed E-state index contributed by atoms with van der Waals surface area (Å²) in [7, 11) is 0. The van der Waals surface area contributed by atoms with Crippen LogP contribution in [0, 0.1) is 23.2 Å². The lowest BCUT2D eigenvalue weighted by Gasteiger charge is -2.45. The van der Waals surface area contributed by atoms with Gasteiger partial charge in [0.2, 0.25) is 5.91 Å². The number of halogens is 1. The highest BCUT2D eigenvalue weighted by molar-refractivity contribution is 5.85. The van der Waals surface area contributed by atoms with Gasteiger partial charge < -0.3 is 10.2 Å². The molecule has 3 nitrogen and oxygen atoms in total. The van der Waals surface area contributed by atoms with Crippen LogP contribution in [0.15, 0.2) is 0 Å². The molecule has 0 atom stereocenters. The maximum absolute atomic E-state index is 12.8. The third-order valence-corrected chi connectivity index (χ3v) is 6.34. The van der Waals surface area contributed by atoms with Gasteiger partial charge in [-0.2, -0.15) is 0 Å². The van der Waals surface area contributed by atoms with Crippen LogP contribution in [-0.4, -0.2) is 37.0 Å². The zero-order valence-electron chi connectivity index (χ0n) is 13.0. The molecule has 0 radical (unpaired) electrons. The van der Waals surface area contributed by atoms with Crippen LogP contribution in [-0.2, 0) is 4.79 Å². The van der Waals surface area contributed by atoms with E-state index in [0.29, 0.717) is 17.2 Å². The van der Waals surface area contributed by atoms with Crippen LogP contribution in [0.25, 0.3) is 0 Å². The molecule has 120 valence electrons. The molecule has 2 aliphatic heterocycles. The van der Waals surface area contributed by atoms with Gasteiger partial charge in [-0.15, -0.1) is 12.4 Å². The van der Waals surface area contributed by atoms with Crippen LogP contribution in [0.2, 0.25) is 0 Å². The number of hydrogen-bond acceptors (Lipinski definition) is 2. The number of carbonyl (C=O) groups excluding carboxylic acids is 1. The third-order valence-electron chi connectivity index (χ3n) is 6.34. The van der Waals surface area contributed by atoms with Gasteiger partial charge in [0.25, 0.3) is 0 Å². The minimum atomic E-state index is 0. The number of likely N-dealkylation sites (tertiary alicyclic amines) is 1. The van der Waals surface area contributed by atoms with E-state index in [9.17, 15) is 4.79 Å². The van der Waals surface area contributed by atoms with Crippen molar-refractivity contribution in [1.29, 1.82) is 0 Å². The van der Waals surface area contributed by atoms with Gasteiger partial charge in [-0.3, -0.25) is 4.79 Å². The average molecular weight is 313 g/mol. The smallest absolute Gasteiger partial charge is 0.226 e. The van der Waals surface area contributed by atoms with E-state index < -0.39 is 0 Å². The topological polar surface area (TPSA) is 32.3 Å². The maximum Gasteiger partial charge on any atom is 0.226 e. The first kappa shape index (κ1) is 15.6. The predicted octanol–water partition coefficient (Wildman–Crippen LogP) is 2.84. The van der Waals surface area contributed by atoms with Crippen molar-refractivity contribution in [2.75, 3.05) is 26.2 Å². The Labute approximate surface area is 134 Å². The number of amides is 1. The van der Waals surface area contributed by atoms with Gasteiger partial charge in [-0.05, 0) is 81.7 Å². The second-order valence-corrected chi connectivity index (χ2v) is 7.78. The summed E-state index contributed by atoms with van der Waals surface area (Å²) in [5.41, 5.74) is 0.566. The van der Waals surface area contributed by atoms with Crippen molar-refractivity contribution in [1.82, 2.24) is 10.2 Å². The molecular formula is C17H29ClN2O. The molecule has 4 rings (SSSR count). The number of piperidine rings is 2. The molecule has 0 aromatic heterocycles. The first-order valence-corrected chi connectivity index (χ1v) is 8.77. The minimum Gasteiger partial charge on any atom is -0.342 e. The fraction of sp³-hybridized carbons (Fsp3) is 0.941. The van der Waals surface area contributed by atoms with E-state index in [1.807, 2.05) is 0 Å². The Kier molecular flexibility index (Phi) is 4.52. The van der Waals surface area contributed by atoms with Crippen molar-refractivity contribution < 1.29 is 4.79 Å². The zero-order valence-corrected chi connectivity index (χ0v) is 13.8. The van der Waals surface area contributed by atoms with Crippen molar-refractivity contribution in [2.45, 2.75) is 51.4 Å². The lowest BCUT2D eigenvalue weighted by atomic mass is 9.71. The number of carbonyl (C=O) groups is 1. The van der Waals surface area contributed by atoms with Crippen LogP contribution >= 0.6 is 12.4 Å². The SMILES string of the molecule is Cl.O=C(C(C1CC1)C1CC1)N1CCC2(CCNCC2)CC1. The second-order valence-electron chi connectivity index (χ2n) is 7.78. The van der Waals surface area contributed by atoms with Crippen LogP contribution in [0.4, 0.5) is 0 Å². The van der Waals surface area contributed by atoms with Crippen molar-refractivity contribution in [3.8, 4) is 0 Å². The van der Waals surface area contributed by atoms with E-state index in [1.165, 1.54) is 64.5 Å². The molecule has 4 fully saturated rings. The molecule has 21 heavy (non-hydrogen) atoms. The number of nitrogens with one attached hydrogen (secondary N) is 1. The summed E-state index contributed by atoms with van der Waals surface area (Å²) in [6, 6.07) is 0. The minimum absolute atomic E-state index is 0. The molecule has 2 heterocycles. The van der Waals surface area contributed by atoms with Crippen LogP contribution in [0.3, 0.4) is 0 Å². The Morgan fingerprint density at radius 2 is 1.48 bits per heavy atom. The summed E-state index contributed by atoms with van der Waals surface area (Å²) in [5.74, 6) is 2.45. The Morgan fingerprint density at radius 1 is 0.952 bits per heavy atom. The Hall–Kier alpha value is -0.280.